The van der Waals surface area contributed by atoms with E-state index in [1.54, 1.807) is 19.2 Å². The molecule has 0 saturated heterocycles. The van der Waals surface area contributed by atoms with Gasteiger partial charge in [0.25, 0.3) is 0 Å². The lowest BCUT2D eigenvalue weighted by Crippen LogP contribution is -2.03. The lowest BCUT2D eigenvalue weighted by Gasteiger charge is -2.21. The van der Waals surface area contributed by atoms with E-state index in [0.29, 0.717) is 35.3 Å². The maximum absolute atomic E-state index is 9.85. The van der Waals surface area contributed by atoms with Gasteiger partial charge in [-0.05, 0) is 30.3 Å². The molecule has 3 aromatic rings. The van der Waals surface area contributed by atoms with Crippen molar-refractivity contribution in [2.24, 2.45) is 0 Å². The van der Waals surface area contributed by atoms with E-state index in [4.69, 9.17) is 14.2 Å². The molecule has 2 N–H and O–H groups in total. The minimum Gasteiger partial charge on any atom is -0.504 e. The number of hydrogen-bond acceptors (Lipinski definition) is 5. The van der Waals surface area contributed by atoms with Gasteiger partial charge in [-0.3, -0.25) is 0 Å². The Balaban J connectivity index is 1.53. The van der Waals surface area contributed by atoms with Crippen molar-refractivity contribution < 1.29 is 19.3 Å². The molecule has 0 unspecified atom stereocenters. The minimum absolute atomic E-state index is 0.126. The first-order valence-corrected chi connectivity index (χ1v) is 7.92. The van der Waals surface area contributed by atoms with Crippen LogP contribution in [0.15, 0.2) is 60.7 Å². The fraction of sp³-hybridized carbons (Fsp3) is 0.100. The highest BCUT2D eigenvalue weighted by Gasteiger charge is 2.18. The number of fused-ring (bicyclic) bond motifs is 2. The first kappa shape index (κ1) is 15.2. The van der Waals surface area contributed by atoms with E-state index in [1.165, 1.54) is 0 Å². The molecule has 3 aromatic carbocycles. The highest BCUT2D eigenvalue weighted by atomic mass is 16.6. The summed E-state index contributed by atoms with van der Waals surface area (Å²) in [7, 11) is 1.54. The molecule has 1 aliphatic rings. The van der Waals surface area contributed by atoms with Crippen LogP contribution in [0.4, 0.5) is 5.69 Å². The average molecular weight is 335 g/mol. The van der Waals surface area contributed by atoms with E-state index < -0.39 is 0 Å². The predicted octanol–water partition coefficient (Wildman–Crippen LogP) is 4.91. The largest absolute Gasteiger partial charge is 0.504 e. The van der Waals surface area contributed by atoms with Crippen LogP contribution in [0.25, 0.3) is 0 Å². The van der Waals surface area contributed by atoms with E-state index in [0.717, 1.165) is 11.3 Å². The molecule has 0 aromatic heterocycles. The Morgan fingerprint density at radius 1 is 0.880 bits per heavy atom. The highest BCUT2D eigenvalue weighted by Crippen LogP contribution is 2.45. The zero-order valence-corrected chi connectivity index (χ0v) is 13.7. The third-order valence-corrected chi connectivity index (χ3v) is 4.00. The topological polar surface area (TPSA) is 60.0 Å². The van der Waals surface area contributed by atoms with Gasteiger partial charge >= 0.3 is 0 Å². The van der Waals surface area contributed by atoms with Gasteiger partial charge in [0, 0.05) is 23.9 Å². The summed E-state index contributed by atoms with van der Waals surface area (Å²) in [6.07, 6.45) is 0. The smallest absolute Gasteiger partial charge is 0.172 e. The lowest BCUT2D eigenvalue weighted by atomic mass is 10.1. The summed E-state index contributed by atoms with van der Waals surface area (Å²) in [6, 6.07) is 18.5. The molecule has 0 bridgehead atoms. The molecular weight excluding hydrogens is 318 g/mol. The zero-order valence-electron chi connectivity index (χ0n) is 13.7. The highest BCUT2D eigenvalue weighted by molar-refractivity contribution is 5.61. The van der Waals surface area contributed by atoms with Gasteiger partial charge in [0.05, 0.1) is 7.11 Å². The van der Waals surface area contributed by atoms with Crippen LogP contribution in [-0.4, -0.2) is 12.2 Å². The summed E-state index contributed by atoms with van der Waals surface area (Å²) in [6.45, 7) is 0.508. The van der Waals surface area contributed by atoms with Crippen molar-refractivity contribution in [2.75, 3.05) is 12.4 Å². The molecule has 0 radical (unpaired) electrons. The van der Waals surface area contributed by atoms with Crippen molar-refractivity contribution in [3.05, 3.63) is 66.2 Å². The van der Waals surface area contributed by atoms with Gasteiger partial charge in [0.15, 0.2) is 34.5 Å². The molecule has 1 aliphatic heterocycles. The number of phenols is 1. The van der Waals surface area contributed by atoms with Crippen LogP contribution in [0, 0.1) is 0 Å². The van der Waals surface area contributed by atoms with Crippen LogP contribution < -0.4 is 19.5 Å². The number of nitrogens with one attached hydrogen (secondary N) is 1. The summed E-state index contributed by atoms with van der Waals surface area (Å²) in [5.41, 5.74) is 1.75. The Labute approximate surface area is 145 Å². The van der Waals surface area contributed by atoms with Crippen molar-refractivity contribution in [1.82, 2.24) is 0 Å². The molecular formula is C20H17NO4. The van der Waals surface area contributed by atoms with Gasteiger partial charge in [-0.15, -0.1) is 0 Å². The minimum atomic E-state index is 0.126. The van der Waals surface area contributed by atoms with Gasteiger partial charge in [-0.1, -0.05) is 24.3 Å². The maximum atomic E-state index is 9.85. The predicted molar refractivity (Wildman–Crippen MR) is 95.0 cm³/mol. The summed E-state index contributed by atoms with van der Waals surface area (Å²) in [4.78, 5) is 0. The quantitative estimate of drug-likeness (QED) is 0.555. The molecule has 0 atom stereocenters. The van der Waals surface area contributed by atoms with Crippen LogP contribution >= 0.6 is 0 Å². The van der Waals surface area contributed by atoms with Crippen LogP contribution in [0.3, 0.4) is 0 Å². The second-order valence-electron chi connectivity index (χ2n) is 5.64. The Morgan fingerprint density at radius 2 is 1.60 bits per heavy atom. The van der Waals surface area contributed by atoms with Crippen molar-refractivity contribution >= 4 is 5.69 Å². The number of ether oxygens (including phenoxy) is 3. The van der Waals surface area contributed by atoms with Crippen molar-refractivity contribution in [3.63, 3.8) is 0 Å². The Bertz CT molecular complexity index is 923. The molecule has 1 heterocycles. The number of hydrogen-bond donors (Lipinski definition) is 2. The fourth-order valence-corrected chi connectivity index (χ4v) is 2.78. The number of anilines is 1. The van der Waals surface area contributed by atoms with Crippen LogP contribution in [-0.2, 0) is 6.54 Å². The first-order chi connectivity index (χ1) is 12.2. The third kappa shape index (κ3) is 2.92. The molecule has 0 saturated carbocycles. The Kier molecular flexibility index (Phi) is 3.82. The maximum Gasteiger partial charge on any atom is 0.172 e. The molecule has 25 heavy (non-hydrogen) atoms. The number of para-hydroxylation sites is 3. The van der Waals surface area contributed by atoms with Gasteiger partial charge in [-0.25, -0.2) is 0 Å². The van der Waals surface area contributed by atoms with Gasteiger partial charge in [0.2, 0.25) is 0 Å². The second-order valence-corrected chi connectivity index (χ2v) is 5.64. The summed E-state index contributed by atoms with van der Waals surface area (Å²) >= 11 is 0. The molecule has 5 heteroatoms. The van der Waals surface area contributed by atoms with E-state index in [9.17, 15) is 5.11 Å². The summed E-state index contributed by atoms with van der Waals surface area (Å²) < 4.78 is 17.0. The zero-order chi connectivity index (χ0) is 17.2. The monoisotopic (exact) mass is 335 g/mol. The van der Waals surface area contributed by atoms with Gasteiger partial charge < -0.3 is 24.6 Å². The average Bonchev–Trinajstić information content (AvgIpc) is 2.64. The normalized spacial score (nSPS) is 11.6. The van der Waals surface area contributed by atoms with E-state index in [1.807, 2.05) is 48.5 Å². The molecule has 0 fully saturated rings. The molecule has 126 valence electrons. The number of benzene rings is 3. The standard InChI is InChI=1S/C20H17NO4/c1-23-20-13(5-4-6-15(20)22)12-21-14-9-10-18-19(11-14)25-17-8-3-2-7-16(17)24-18/h2-11,21-22H,12H2,1H3. The Morgan fingerprint density at radius 3 is 2.36 bits per heavy atom. The SMILES string of the molecule is COc1c(O)cccc1CNc1ccc2c(c1)Oc1ccccc1O2. The van der Waals surface area contributed by atoms with Crippen molar-refractivity contribution in [1.29, 1.82) is 0 Å². The van der Waals surface area contributed by atoms with Crippen LogP contribution in [0.2, 0.25) is 0 Å². The molecule has 0 amide bonds. The molecule has 0 spiro atoms. The van der Waals surface area contributed by atoms with Gasteiger partial charge in [0.1, 0.15) is 0 Å². The molecule has 4 rings (SSSR count). The second kappa shape index (κ2) is 6.28. The molecule has 5 nitrogen and oxygen atoms in total. The van der Waals surface area contributed by atoms with E-state index in [-0.39, 0.29) is 5.75 Å². The fourth-order valence-electron chi connectivity index (χ4n) is 2.78. The first-order valence-electron chi connectivity index (χ1n) is 7.92. The van der Waals surface area contributed by atoms with Crippen LogP contribution in [0.5, 0.6) is 34.5 Å². The lowest BCUT2D eigenvalue weighted by molar-refractivity contribution is 0.360. The summed E-state index contributed by atoms with van der Waals surface area (Å²) in [5.74, 6) is 3.34. The third-order valence-electron chi connectivity index (χ3n) is 4.00. The summed E-state index contributed by atoms with van der Waals surface area (Å²) in [5, 5.41) is 13.2. The van der Waals surface area contributed by atoms with Crippen LogP contribution in [0.1, 0.15) is 5.56 Å². The number of aromatic hydroxyl groups is 1. The number of phenolic OH excluding ortho intramolecular Hbond substituents is 1. The van der Waals surface area contributed by atoms with Crippen molar-refractivity contribution in [3.8, 4) is 34.5 Å². The number of methoxy groups -OCH3 is 1. The Hall–Kier alpha value is -3.34. The van der Waals surface area contributed by atoms with E-state index in [2.05, 4.69) is 5.32 Å². The molecule has 0 aliphatic carbocycles. The number of rotatable bonds is 4. The van der Waals surface area contributed by atoms with Gasteiger partial charge in [-0.2, -0.15) is 0 Å². The van der Waals surface area contributed by atoms with E-state index >= 15 is 0 Å². The van der Waals surface area contributed by atoms with Crippen molar-refractivity contribution in [2.45, 2.75) is 6.54 Å².